The summed E-state index contributed by atoms with van der Waals surface area (Å²) in [5, 5.41) is 24.7. The molecule has 1 aromatic heterocycles. The highest BCUT2D eigenvalue weighted by Crippen LogP contribution is 2.25. The van der Waals surface area contributed by atoms with Crippen molar-refractivity contribution in [2.45, 2.75) is 12.6 Å². The van der Waals surface area contributed by atoms with Crippen molar-refractivity contribution in [1.82, 2.24) is 14.8 Å². The number of benzene rings is 2. The number of ether oxygens (including phenoxy) is 1. The number of hydrogen-bond donors (Lipinski definition) is 1. The van der Waals surface area contributed by atoms with Crippen LogP contribution in [-0.4, -0.2) is 32.6 Å². The maximum Gasteiger partial charge on any atom is 0.252 e. The topological polar surface area (TPSA) is 84.0 Å². The molecule has 0 saturated heterocycles. The molecule has 0 aliphatic carbocycles. The molecule has 0 spiro atoms. The van der Waals surface area contributed by atoms with Gasteiger partial charge in [-0.15, -0.1) is 5.10 Å². The minimum Gasteiger partial charge on any atom is -0.490 e. The molecule has 0 bridgehead atoms. The van der Waals surface area contributed by atoms with E-state index in [1.165, 1.54) is 11.0 Å². The van der Waals surface area contributed by atoms with E-state index < -0.39 is 6.10 Å². The minimum absolute atomic E-state index is 0.0853. The quantitative estimate of drug-likeness (QED) is 0.775. The largest absolute Gasteiger partial charge is 0.490 e. The summed E-state index contributed by atoms with van der Waals surface area (Å²) in [6.45, 7) is 0.356. The summed E-state index contributed by atoms with van der Waals surface area (Å²) in [6.07, 6.45) is 0.673. The highest BCUT2D eigenvalue weighted by molar-refractivity contribution is 5.88. The van der Waals surface area contributed by atoms with Crippen molar-refractivity contribution in [1.29, 1.82) is 5.26 Å². The molecule has 6 heteroatoms. The lowest BCUT2D eigenvalue weighted by atomic mass is 10.1. The molecule has 0 fully saturated rings. The van der Waals surface area contributed by atoms with E-state index in [0.29, 0.717) is 0 Å². The van der Waals surface area contributed by atoms with Gasteiger partial charge in [0.2, 0.25) is 0 Å². The van der Waals surface area contributed by atoms with Gasteiger partial charge >= 0.3 is 0 Å². The zero-order valence-electron chi connectivity index (χ0n) is 11.8. The fraction of sp³-hybridized carbons (Fsp3) is 0.188. The highest BCUT2D eigenvalue weighted by atomic mass is 16.5. The Labute approximate surface area is 127 Å². The lowest BCUT2D eigenvalue weighted by molar-refractivity contribution is 0.0899. The smallest absolute Gasteiger partial charge is 0.252 e. The molecule has 0 aliphatic rings. The van der Waals surface area contributed by atoms with Gasteiger partial charge in [-0.25, -0.2) is 9.67 Å². The van der Waals surface area contributed by atoms with E-state index in [9.17, 15) is 5.11 Å². The van der Waals surface area contributed by atoms with Crippen molar-refractivity contribution in [2.75, 3.05) is 6.61 Å². The molecule has 0 amide bonds. The van der Waals surface area contributed by atoms with Gasteiger partial charge in [0, 0.05) is 5.39 Å². The Bertz CT molecular complexity index is 817. The molecule has 1 atom stereocenters. The molecule has 22 heavy (non-hydrogen) atoms. The van der Waals surface area contributed by atoms with Crippen molar-refractivity contribution in [2.24, 2.45) is 0 Å². The van der Waals surface area contributed by atoms with Crippen LogP contribution in [0.1, 0.15) is 5.82 Å². The predicted octanol–water partition coefficient (Wildman–Crippen LogP) is 1.74. The van der Waals surface area contributed by atoms with Crippen LogP contribution in [0, 0.1) is 11.3 Å². The van der Waals surface area contributed by atoms with E-state index in [2.05, 4.69) is 10.1 Å². The van der Waals surface area contributed by atoms with E-state index in [-0.39, 0.29) is 19.0 Å². The van der Waals surface area contributed by atoms with Crippen LogP contribution in [-0.2, 0) is 6.54 Å². The number of aromatic nitrogens is 3. The van der Waals surface area contributed by atoms with Crippen LogP contribution < -0.4 is 4.74 Å². The maximum atomic E-state index is 10.0. The Morgan fingerprint density at radius 1 is 1.23 bits per heavy atom. The molecule has 0 aliphatic heterocycles. The van der Waals surface area contributed by atoms with E-state index in [1.54, 1.807) is 0 Å². The third kappa shape index (κ3) is 3.05. The van der Waals surface area contributed by atoms with Crippen molar-refractivity contribution >= 4 is 10.8 Å². The van der Waals surface area contributed by atoms with Crippen molar-refractivity contribution in [3.8, 4) is 11.8 Å². The molecule has 0 saturated carbocycles. The Morgan fingerprint density at radius 2 is 2.05 bits per heavy atom. The Hall–Kier alpha value is -2.91. The second-order valence-corrected chi connectivity index (χ2v) is 4.84. The predicted molar refractivity (Wildman–Crippen MR) is 80.2 cm³/mol. The summed E-state index contributed by atoms with van der Waals surface area (Å²) in [6, 6.07) is 15.6. The SMILES string of the molecule is N#Cc1ncn(CC(O)COc2cccc3ccccc23)n1. The molecule has 1 heterocycles. The first kappa shape index (κ1) is 14.0. The van der Waals surface area contributed by atoms with Crippen molar-refractivity contribution in [3.63, 3.8) is 0 Å². The summed E-state index contributed by atoms with van der Waals surface area (Å²) in [7, 11) is 0. The van der Waals surface area contributed by atoms with Crippen LogP contribution in [0.2, 0.25) is 0 Å². The van der Waals surface area contributed by atoms with Gasteiger partial charge in [-0.3, -0.25) is 0 Å². The number of aliphatic hydroxyl groups is 1. The summed E-state index contributed by atoms with van der Waals surface area (Å²) in [5.74, 6) is 0.815. The van der Waals surface area contributed by atoms with Gasteiger partial charge in [0.1, 0.15) is 30.9 Å². The highest BCUT2D eigenvalue weighted by Gasteiger charge is 2.09. The van der Waals surface area contributed by atoms with Crippen LogP contribution in [0.3, 0.4) is 0 Å². The molecular formula is C16H14N4O2. The van der Waals surface area contributed by atoms with E-state index >= 15 is 0 Å². The first-order valence-corrected chi connectivity index (χ1v) is 6.84. The molecule has 110 valence electrons. The monoisotopic (exact) mass is 294 g/mol. The zero-order valence-corrected chi connectivity index (χ0v) is 11.8. The number of nitriles is 1. The summed E-state index contributed by atoms with van der Waals surface area (Å²) < 4.78 is 7.14. The van der Waals surface area contributed by atoms with Gasteiger partial charge in [0.05, 0.1) is 6.54 Å². The molecule has 3 rings (SSSR count). The Balaban J connectivity index is 1.65. The molecule has 1 unspecified atom stereocenters. The van der Waals surface area contributed by atoms with Gasteiger partial charge in [-0.05, 0) is 11.5 Å². The van der Waals surface area contributed by atoms with Gasteiger partial charge < -0.3 is 9.84 Å². The zero-order chi connectivity index (χ0) is 15.4. The normalized spacial score (nSPS) is 12.0. The van der Waals surface area contributed by atoms with Crippen LogP contribution in [0.15, 0.2) is 48.8 Å². The molecule has 2 aromatic carbocycles. The average molecular weight is 294 g/mol. The van der Waals surface area contributed by atoms with Gasteiger partial charge in [0.25, 0.3) is 5.82 Å². The second kappa shape index (κ2) is 6.24. The summed E-state index contributed by atoms with van der Waals surface area (Å²) >= 11 is 0. The fourth-order valence-corrected chi connectivity index (χ4v) is 2.21. The number of aliphatic hydroxyl groups excluding tert-OH is 1. The summed E-state index contributed by atoms with van der Waals surface area (Å²) in [4.78, 5) is 3.79. The molecule has 0 radical (unpaired) electrons. The average Bonchev–Trinajstić information content (AvgIpc) is 3.00. The van der Waals surface area contributed by atoms with Crippen LogP contribution >= 0.6 is 0 Å². The van der Waals surface area contributed by atoms with Crippen molar-refractivity contribution in [3.05, 3.63) is 54.6 Å². The first-order valence-electron chi connectivity index (χ1n) is 6.84. The van der Waals surface area contributed by atoms with Gasteiger partial charge in [-0.1, -0.05) is 36.4 Å². The first-order chi connectivity index (χ1) is 10.8. The minimum atomic E-state index is -0.743. The van der Waals surface area contributed by atoms with Crippen LogP contribution in [0.4, 0.5) is 0 Å². The van der Waals surface area contributed by atoms with Crippen molar-refractivity contribution < 1.29 is 9.84 Å². The number of rotatable bonds is 5. The standard InChI is InChI=1S/C16H14N4O2/c17-8-16-18-11-20(19-16)9-13(21)10-22-15-7-3-5-12-4-1-2-6-14(12)15/h1-7,11,13,21H,9-10H2. The maximum absolute atomic E-state index is 10.0. The van der Waals surface area contributed by atoms with Gasteiger partial charge in [0.15, 0.2) is 0 Å². The third-order valence-corrected chi connectivity index (χ3v) is 3.22. The number of nitrogens with zero attached hydrogens (tertiary/aromatic N) is 4. The lowest BCUT2D eigenvalue weighted by Crippen LogP contribution is -2.24. The summed E-state index contributed by atoms with van der Waals surface area (Å²) in [5.41, 5.74) is 0. The van der Waals surface area contributed by atoms with E-state index in [4.69, 9.17) is 10.00 Å². The number of hydrogen-bond acceptors (Lipinski definition) is 5. The Morgan fingerprint density at radius 3 is 2.86 bits per heavy atom. The Kier molecular flexibility index (Phi) is 3.99. The molecule has 6 nitrogen and oxygen atoms in total. The van der Waals surface area contributed by atoms with E-state index in [1.807, 2.05) is 48.5 Å². The fourth-order valence-electron chi connectivity index (χ4n) is 2.21. The molecule has 3 aromatic rings. The third-order valence-electron chi connectivity index (χ3n) is 3.22. The van der Waals surface area contributed by atoms with Crippen LogP contribution in [0.5, 0.6) is 5.75 Å². The second-order valence-electron chi connectivity index (χ2n) is 4.84. The number of fused-ring (bicyclic) bond motifs is 1. The van der Waals surface area contributed by atoms with Gasteiger partial charge in [-0.2, -0.15) is 5.26 Å². The lowest BCUT2D eigenvalue weighted by Gasteiger charge is -2.13. The van der Waals surface area contributed by atoms with E-state index in [0.717, 1.165) is 16.5 Å². The van der Waals surface area contributed by atoms with Crippen LogP contribution in [0.25, 0.3) is 10.8 Å². The molecule has 1 N–H and O–H groups in total. The molecular weight excluding hydrogens is 280 g/mol.